The molecule has 0 aromatic heterocycles. The highest BCUT2D eigenvalue weighted by Crippen LogP contribution is 2.40. The fraction of sp³-hybridized carbons (Fsp3) is 0.310. The van der Waals surface area contributed by atoms with Gasteiger partial charge in [-0.3, -0.25) is 4.79 Å². The Bertz CT molecular complexity index is 1150. The first kappa shape index (κ1) is 22.0. The van der Waals surface area contributed by atoms with Crippen molar-refractivity contribution in [2.45, 2.75) is 60.8 Å². The van der Waals surface area contributed by atoms with E-state index in [1.807, 2.05) is 42.5 Å². The first-order valence-corrected chi connectivity index (χ1v) is 12.8. The van der Waals surface area contributed by atoms with Crippen LogP contribution in [0.15, 0.2) is 93.6 Å². The number of fused-ring (bicyclic) bond motifs is 2. The van der Waals surface area contributed by atoms with Crippen molar-refractivity contribution in [1.29, 1.82) is 0 Å². The van der Waals surface area contributed by atoms with Crippen LogP contribution in [-0.4, -0.2) is 29.1 Å². The van der Waals surface area contributed by atoms with E-state index in [2.05, 4.69) is 48.2 Å². The first-order chi connectivity index (χ1) is 16.2. The normalized spacial score (nSPS) is 16.7. The molecule has 1 saturated carbocycles. The zero-order valence-corrected chi connectivity index (χ0v) is 19.9. The summed E-state index contributed by atoms with van der Waals surface area (Å²) >= 11 is 1.70. The Balaban J connectivity index is 1.54. The number of para-hydroxylation sites is 1. The summed E-state index contributed by atoms with van der Waals surface area (Å²) in [7, 11) is 0. The van der Waals surface area contributed by atoms with Gasteiger partial charge in [-0.05, 0) is 42.5 Å². The van der Waals surface area contributed by atoms with E-state index in [4.69, 9.17) is 4.99 Å². The van der Waals surface area contributed by atoms with Crippen LogP contribution in [0.2, 0.25) is 0 Å². The maximum Gasteiger partial charge on any atom is 0.273 e. The molecule has 0 N–H and O–H groups in total. The predicted molar refractivity (Wildman–Crippen MR) is 137 cm³/mol. The molecule has 0 radical (unpaired) electrons. The average Bonchev–Trinajstić information content (AvgIpc) is 3.04. The molecule has 168 valence electrons. The molecular formula is C29H30N2OS. The minimum atomic E-state index is 0.0643. The molecule has 4 heteroatoms. The highest BCUT2D eigenvalue weighted by atomic mass is 32.2. The number of hydrogen-bond acceptors (Lipinski definition) is 3. The maximum atomic E-state index is 14.3. The number of hydrogen-bond donors (Lipinski definition) is 0. The molecule has 0 spiro atoms. The lowest BCUT2D eigenvalue weighted by atomic mass is 9.91. The Morgan fingerprint density at radius 2 is 1.58 bits per heavy atom. The van der Waals surface area contributed by atoms with Gasteiger partial charge in [0.15, 0.2) is 0 Å². The van der Waals surface area contributed by atoms with Crippen LogP contribution in [-0.2, 0) is 4.79 Å². The van der Waals surface area contributed by atoms with Gasteiger partial charge in [0.1, 0.15) is 5.71 Å². The van der Waals surface area contributed by atoms with E-state index in [0.29, 0.717) is 12.3 Å². The van der Waals surface area contributed by atoms with E-state index in [1.54, 1.807) is 11.8 Å². The zero-order chi connectivity index (χ0) is 22.6. The van der Waals surface area contributed by atoms with Crippen molar-refractivity contribution in [3.63, 3.8) is 0 Å². The van der Waals surface area contributed by atoms with Crippen LogP contribution in [0.1, 0.15) is 56.1 Å². The van der Waals surface area contributed by atoms with E-state index in [0.717, 1.165) is 33.9 Å². The lowest BCUT2D eigenvalue weighted by Crippen LogP contribution is -2.46. The first-order valence-electron chi connectivity index (χ1n) is 12.0. The summed E-state index contributed by atoms with van der Waals surface area (Å²) in [6.45, 7) is 2.94. The Morgan fingerprint density at radius 1 is 0.909 bits per heavy atom. The van der Waals surface area contributed by atoms with E-state index in [9.17, 15) is 4.79 Å². The lowest BCUT2D eigenvalue weighted by molar-refractivity contribution is -0.127. The molecule has 3 nitrogen and oxygen atoms in total. The van der Waals surface area contributed by atoms with Crippen molar-refractivity contribution < 1.29 is 4.79 Å². The zero-order valence-electron chi connectivity index (χ0n) is 19.1. The minimum Gasteiger partial charge on any atom is -0.334 e. The molecule has 2 aliphatic rings. The lowest BCUT2D eigenvalue weighted by Gasteiger charge is -2.36. The summed E-state index contributed by atoms with van der Waals surface area (Å²) in [6.07, 6.45) is 5.80. The second-order valence-electron chi connectivity index (χ2n) is 9.09. The van der Waals surface area contributed by atoms with Gasteiger partial charge in [0.25, 0.3) is 5.91 Å². The van der Waals surface area contributed by atoms with Crippen LogP contribution in [0.4, 0.5) is 5.69 Å². The van der Waals surface area contributed by atoms with Gasteiger partial charge in [-0.15, -0.1) is 0 Å². The van der Waals surface area contributed by atoms with Crippen molar-refractivity contribution in [3.05, 3.63) is 90.0 Å². The Hall–Kier alpha value is -2.85. The molecule has 1 unspecified atom stereocenters. The molecule has 1 fully saturated rings. The Labute approximate surface area is 200 Å². The average molecular weight is 455 g/mol. The van der Waals surface area contributed by atoms with Gasteiger partial charge < -0.3 is 4.90 Å². The highest BCUT2D eigenvalue weighted by Gasteiger charge is 2.32. The van der Waals surface area contributed by atoms with E-state index in [1.165, 1.54) is 24.8 Å². The van der Waals surface area contributed by atoms with Gasteiger partial charge in [0, 0.05) is 27.9 Å². The number of nitrogens with zero attached hydrogens (tertiary/aromatic N) is 2. The van der Waals surface area contributed by atoms with Crippen LogP contribution in [0.5, 0.6) is 0 Å². The minimum absolute atomic E-state index is 0.0643. The van der Waals surface area contributed by atoms with E-state index >= 15 is 0 Å². The van der Waals surface area contributed by atoms with Gasteiger partial charge in [-0.2, -0.15) is 0 Å². The van der Waals surface area contributed by atoms with Crippen LogP contribution >= 0.6 is 11.8 Å². The maximum absolute atomic E-state index is 14.3. The molecule has 1 atom stereocenters. The summed E-state index contributed by atoms with van der Waals surface area (Å²) < 4.78 is 0. The number of benzene rings is 3. The Kier molecular flexibility index (Phi) is 6.63. The third-order valence-electron chi connectivity index (χ3n) is 6.78. The molecule has 5 rings (SSSR count). The van der Waals surface area contributed by atoms with E-state index < -0.39 is 0 Å². The second kappa shape index (κ2) is 9.96. The topological polar surface area (TPSA) is 32.7 Å². The molecule has 1 aliphatic carbocycles. The monoisotopic (exact) mass is 454 g/mol. The van der Waals surface area contributed by atoms with Crippen molar-refractivity contribution in [3.8, 4) is 0 Å². The number of aliphatic imine (C=N–C) groups is 1. The van der Waals surface area contributed by atoms with Gasteiger partial charge in [0.05, 0.1) is 5.69 Å². The van der Waals surface area contributed by atoms with Crippen LogP contribution < -0.4 is 0 Å². The summed E-state index contributed by atoms with van der Waals surface area (Å²) in [5.74, 6) is 0.329. The molecule has 0 saturated heterocycles. The smallest absolute Gasteiger partial charge is 0.273 e. The summed E-state index contributed by atoms with van der Waals surface area (Å²) in [4.78, 5) is 23.6. The fourth-order valence-electron chi connectivity index (χ4n) is 4.96. The molecule has 3 aromatic carbocycles. The Morgan fingerprint density at radius 3 is 2.36 bits per heavy atom. The summed E-state index contributed by atoms with van der Waals surface area (Å²) in [5.41, 5.74) is 3.67. The number of amides is 1. The standard InChI is InChI=1S/C29H30N2OS/c1-21(22-12-4-2-5-13-22)20-31(23-14-6-3-7-15-23)29(32)28-24-16-8-10-18-26(24)33-27-19-11-9-17-25(27)30-28/h2,4-5,8-13,16-19,21,23H,3,6-7,14-15,20H2,1H3. The van der Waals surface area contributed by atoms with Crippen molar-refractivity contribution in [2.24, 2.45) is 4.99 Å². The van der Waals surface area contributed by atoms with E-state index in [-0.39, 0.29) is 17.9 Å². The fourth-order valence-corrected chi connectivity index (χ4v) is 5.98. The number of carbonyl (C=O) groups is 1. The number of rotatable bonds is 5. The number of carbonyl (C=O) groups excluding carboxylic acids is 1. The van der Waals surface area contributed by atoms with Crippen LogP contribution in [0, 0.1) is 0 Å². The van der Waals surface area contributed by atoms with Crippen LogP contribution in [0.3, 0.4) is 0 Å². The van der Waals surface area contributed by atoms with Gasteiger partial charge >= 0.3 is 0 Å². The summed E-state index contributed by atoms with van der Waals surface area (Å²) in [6, 6.07) is 27.1. The third kappa shape index (κ3) is 4.77. The van der Waals surface area contributed by atoms with Crippen molar-refractivity contribution in [2.75, 3.05) is 6.54 Å². The molecule has 0 bridgehead atoms. The van der Waals surface area contributed by atoms with Gasteiger partial charge in [-0.25, -0.2) is 4.99 Å². The van der Waals surface area contributed by atoms with Crippen molar-refractivity contribution in [1.82, 2.24) is 4.90 Å². The molecule has 3 aromatic rings. The SMILES string of the molecule is CC(CN(C(=O)C1=Nc2ccccc2Sc2ccccc21)C1CCCCC1)c1ccccc1. The second-order valence-corrected chi connectivity index (χ2v) is 10.2. The molecule has 1 heterocycles. The molecule has 33 heavy (non-hydrogen) atoms. The third-order valence-corrected chi connectivity index (χ3v) is 7.92. The van der Waals surface area contributed by atoms with Crippen LogP contribution in [0.25, 0.3) is 0 Å². The largest absolute Gasteiger partial charge is 0.334 e. The van der Waals surface area contributed by atoms with Crippen molar-refractivity contribution >= 4 is 29.1 Å². The van der Waals surface area contributed by atoms with Gasteiger partial charge in [0.2, 0.25) is 0 Å². The summed E-state index contributed by atoms with van der Waals surface area (Å²) in [5, 5.41) is 0. The highest BCUT2D eigenvalue weighted by molar-refractivity contribution is 7.99. The predicted octanol–water partition coefficient (Wildman–Crippen LogP) is 7.24. The molecule has 1 amide bonds. The molecular weight excluding hydrogens is 424 g/mol. The molecule has 1 aliphatic heterocycles. The van der Waals surface area contributed by atoms with Gasteiger partial charge in [-0.1, -0.05) is 98.6 Å². The quantitative estimate of drug-likeness (QED) is 0.407.